The van der Waals surface area contributed by atoms with Crippen LogP contribution in [0.1, 0.15) is 56.6 Å². The first-order valence-electron chi connectivity index (χ1n) is 9.97. The summed E-state index contributed by atoms with van der Waals surface area (Å²) in [6.07, 6.45) is 5.47. The summed E-state index contributed by atoms with van der Waals surface area (Å²) in [5, 5.41) is 2.92. The van der Waals surface area contributed by atoms with Gasteiger partial charge in [-0.1, -0.05) is 43.2 Å². The lowest BCUT2D eigenvalue weighted by Crippen LogP contribution is -2.36. The van der Waals surface area contributed by atoms with Crippen molar-refractivity contribution in [3.8, 4) is 0 Å². The normalized spacial score (nSPS) is 24.1. The summed E-state index contributed by atoms with van der Waals surface area (Å²) < 4.78 is 5.64. The predicted octanol–water partition coefficient (Wildman–Crippen LogP) is 2.34. The molecule has 1 aliphatic heterocycles. The zero-order chi connectivity index (χ0) is 18.8. The number of benzene rings is 1. The lowest BCUT2D eigenvalue weighted by atomic mass is 10.1. The first kappa shape index (κ1) is 18.0. The molecule has 3 fully saturated rings. The molecule has 2 saturated carbocycles. The van der Waals surface area contributed by atoms with Crippen LogP contribution in [0.15, 0.2) is 30.3 Å². The number of hydrogen-bond donors (Lipinski definition) is 1. The maximum absolute atomic E-state index is 12.8. The minimum Gasteiger partial charge on any atom is -0.447 e. The Bertz CT molecular complexity index is 710. The van der Waals surface area contributed by atoms with Crippen molar-refractivity contribution in [2.45, 2.75) is 63.1 Å². The van der Waals surface area contributed by atoms with Crippen LogP contribution in [-0.4, -0.2) is 41.3 Å². The Labute approximate surface area is 159 Å². The van der Waals surface area contributed by atoms with E-state index in [1.807, 2.05) is 23.1 Å². The number of carbonyl (C=O) groups excluding carboxylic acids is 3. The molecule has 4 rings (SSSR count). The van der Waals surface area contributed by atoms with Gasteiger partial charge >= 0.3 is 5.97 Å². The number of nitrogens with one attached hydrogen (secondary N) is 1. The fourth-order valence-electron chi connectivity index (χ4n) is 4.08. The Morgan fingerprint density at radius 1 is 1.07 bits per heavy atom. The molecule has 1 saturated heterocycles. The van der Waals surface area contributed by atoms with Crippen molar-refractivity contribution in [2.24, 2.45) is 5.92 Å². The van der Waals surface area contributed by atoms with Crippen LogP contribution in [0, 0.1) is 5.92 Å². The summed E-state index contributed by atoms with van der Waals surface area (Å²) >= 11 is 0. The van der Waals surface area contributed by atoms with Crippen molar-refractivity contribution in [3.63, 3.8) is 0 Å². The first-order chi connectivity index (χ1) is 13.1. The van der Waals surface area contributed by atoms with E-state index in [0.29, 0.717) is 12.1 Å². The van der Waals surface area contributed by atoms with Gasteiger partial charge in [-0.25, -0.2) is 0 Å². The van der Waals surface area contributed by atoms with E-state index >= 15 is 0 Å². The van der Waals surface area contributed by atoms with Crippen LogP contribution < -0.4 is 5.32 Å². The third-order valence-corrected chi connectivity index (χ3v) is 5.76. The molecule has 1 aromatic rings. The van der Waals surface area contributed by atoms with Crippen LogP contribution in [0.25, 0.3) is 0 Å². The summed E-state index contributed by atoms with van der Waals surface area (Å²) in [5.74, 6) is -1.20. The molecule has 2 atom stereocenters. The highest BCUT2D eigenvalue weighted by Crippen LogP contribution is 2.31. The van der Waals surface area contributed by atoms with Gasteiger partial charge < -0.3 is 15.0 Å². The van der Waals surface area contributed by atoms with Crippen LogP contribution in [0.2, 0.25) is 0 Å². The zero-order valence-electron chi connectivity index (χ0n) is 15.4. The van der Waals surface area contributed by atoms with Crippen molar-refractivity contribution < 1.29 is 19.1 Å². The van der Waals surface area contributed by atoms with Gasteiger partial charge in [-0.15, -0.1) is 0 Å². The molecule has 0 unspecified atom stereocenters. The second kappa shape index (κ2) is 7.71. The fourth-order valence-corrected chi connectivity index (χ4v) is 4.08. The summed E-state index contributed by atoms with van der Waals surface area (Å²) in [6, 6.07) is 9.52. The standard InChI is InChI=1S/C21H26N2O4/c24-18-12-15(13-23(18)17-8-4-5-9-17)21(26)27-19(14-6-2-1-3-7-14)20(25)22-16-10-11-16/h1-3,6-7,15-17,19H,4-5,8-13H2,(H,22,25)/t15-,19+/m0/s1. The number of ether oxygens (including phenoxy) is 1. The van der Waals surface area contributed by atoms with Crippen molar-refractivity contribution >= 4 is 17.8 Å². The van der Waals surface area contributed by atoms with Crippen molar-refractivity contribution in [1.82, 2.24) is 10.2 Å². The minimum absolute atomic E-state index is 0.0301. The van der Waals surface area contributed by atoms with Gasteiger partial charge in [0.15, 0.2) is 0 Å². The molecule has 27 heavy (non-hydrogen) atoms. The molecule has 3 aliphatic rings. The van der Waals surface area contributed by atoms with E-state index in [-0.39, 0.29) is 30.3 Å². The molecule has 1 heterocycles. The van der Waals surface area contributed by atoms with Crippen LogP contribution in [0.3, 0.4) is 0 Å². The molecule has 6 heteroatoms. The monoisotopic (exact) mass is 370 g/mol. The summed E-state index contributed by atoms with van der Waals surface area (Å²) in [6.45, 7) is 0.411. The maximum atomic E-state index is 12.8. The summed E-state index contributed by atoms with van der Waals surface area (Å²) in [5.41, 5.74) is 0.654. The predicted molar refractivity (Wildman–Crippen MR) is 98.5 cm³/mol. The number of rotatable bonds is 6. The first-order valence-corrected chi connectivity index (χ1v) is 9.97. The second-order valence-corrected chi connectivity index (χ2v) is 7.90. The number of nitrogens with zero attached hydrogens (tertiary/aromatic N) is 1. The van der Waals surface area contributed by atoms with E-state index in [0.717, 1.165) is 38.5 Å². The van der Waals surface area contributed by atoms with Gasteiger partial charge in [-0.05, 0) is 25.7 Å². The quantitative estimate of drug-likeness (QED) is 0.780. The molecule has 144 valence electrons. The minimum atomic E-state index is -0.963. The van der Waals surface area contributed by atoms with E-state index in [1.54, 1.807) is 12.1 Å². The molecule has 0 spiro atoms. The van der Waals surface area contributed by atoms with E-state index in [4.69, 9.17) is 4.74 Å². The average Bonchev–Trinajstić information content (AvgIpc) is 3.17. The average molecular weight is 370 g/mol. The zero-order valence-corrected chi connectivity index (χ0v) is 15.4. The topological polar surface area (TPSA) is 75.7 Å². The van der Waals surface area contributed by atoms with Gasteiger partial charge in [0.1, 0.15) is 0 Å². The number of hydrogen-bond acceptors (Lipinski definition) is 4. The van der Waals surface area contributed by atoms with E-state index < -0.39 is 18.0 Å². The molecular formula is C21H26N2O4. The van der Waals surface area contributed by atoms with Crippen LogP contribution in [0.5, 0.6) is 0 Å². The van der Waals surface area contributed by atoms with Crippen LogP contribution in [-0.2, 0) is 19.1 Å². The smallest absolute Gasteiger partial charge is 0.312 e. The third-order valence-electron chi connectivity index (χ3n) is 5.76. The summed E-state index contributed by atoms with van der Waals surface area (Å²) in [7, 11) is 0. The summed E-state index contributed by atoms with van der Waals surface area (Å²) in [4.78, 5) is 39.6. The molecule has 0 aromatic heterocycles. The van der Waals surface area contributed by atoms with E-state index in [1.165, 1.54) is 0 Å². The lowest BCUT2D eigenvalue weighted by molar-refractivity contribution is -0.160. The second-order valence-electron chi connectivity index (χ2n) is 7.90. The van der Waals surface area contributed by atoms with Crippen molar-refractivity contribution in [1.29, 1.82) is 0 Å². The lowest BCUT2D eigenvalue weighted by Gasteiger charge is -2.24. The molecular weight excluding hydrogens is 344 g/mol. The Hall–Kier alpha value is -2.37. The Balaban J connectivity index is 1.43. The van der Waals surface area contributed by atoms with E-state index in [9.17, 15) is 14.4 Å². The highest BCUT2D eigenvalue weighted by Gasteiger charge is 2.41. The van der Waals surface area contributed by atoms with Crippen molar-refractivity contribution in [2.75, 3.05) is 6.54 Å². The highest BCUT2D eigenvalue weighted by molar-refractivity contribution is 5.89. The fraction of sp³-hybridized carbons (Fsp3) is 0.571. The highest BCUT2D eigenvalue weighted by atomic mass is 16.5. The number of carbonyl (C=O) groups is 3. The third kappa shape index (κ3) is 4.15. The van der Waals surface area contributed by atoms with Gasteiger partial charge in [-0.2, -0.15) is 0 Å². The van der Waals surface area contributed by atoms with Gasteiger partial charge in [0.25, 0.3) is 5.91 Å². The molecule has 0 bridgehead atoms. The maximum Gasteiger partial charge on any atom is 0.312 e. The van der Waals surface area contributed by atoms with Crippen LogP contribution >= 0.6 is 0 Å². The molecule has 1 N–H and O–H groups in total. The Morgan fingerprint density at radius 3 is 2.44 bits per heavy atom. The van der Waals surface area contributed by atoms with Crippen molar-refractivity contribution in [3.05, 3.63) is 35.9 Å². The number of likely N-dealkylation sites (tertiary alicyclic amines) is 1. The van der Waals surface area contributed by atoms with E-state index in [2.05, 4.69) is 5.32 Å². The molecule has 2 aliphatic carbocycles. The Morgan fingerprint density at radius 2 is 1.78 bits per heavy atom. The van der Waals surface area contributed by atoms with Gasteiger partial charge in [0.2, 0.25) is 12.0 Å². The Kier molecular flexibility index (Phi) is 5.14. The molecule has 1 aromatic carbocycles. The number of esters is 1. The van der Waals surface area contributed by atoms with Gasteiger partial charge in [0.05, 0.1) is 5.92 Å². The molecule has 0 radical (unpaired) electrons. The van der Waals surface area contributed by atoms with Gasteiger partial charge in [-0.3, -0.25) is 14.4 Å². The molecule has 6 nitrogen and oxygen atoms in total. The van der Waals surface area contributed by atoms with Crippen LogP contribution in [0.4, 0.5) is 0 Å². The largest absolute Gasteiger partial charge is 0.447 e. The SMILES string of the molecule is O=C(O[C@@H](C(=O)NC1CC1)c1ccccc1)[C@H]1CC(=O)N(C2CCCC2)C1. The molecule has 2 amide bonds. The number of amides is 2. The van der Waals surface area contributed by atoms with Gasteiger partial charge in [0, 0.05) is 30.6 Å².